The molecule has 2 aromatic rings. The van der Waals surface area contributed by atoms with Gasteiger partial charge >= 0.3 is 5.97 Å². The minimum absolute atomic E-state index is 0.0328. The number of aliphatic carboxylic acids is 1. The van der Waals surface area contributed by atoms with E-state index >= 15 is 0 Å². The van der Waals surface area contributed by atoms with E-state index in [2.05, 4.69) is 17.3 Å². The van der Waals surface area contributed by atoms with Gasteiger partial charge in [-0.15, -0.1) is 0 Å². The van der Waals surface area contributed by atoms with E-state index in [1.54, 1.807) is 0 Å². The zero-order chi connectivity index (χ0) is 19.8. The number of hydrogen-bond acceptors (Lipinski definition) is 3. The Morgan fingerprint density at radius 3 is 2.48 bits per heavy atom. The Morgan fingerprint density at radius 2 is 1.89 bits per heavy atom. The SMILES string of the molecule is CCc1nn(C)c(CC)c1CC(=O)NC(CCC(=O)O)Cc1ccccc1. The lowest BCUT2D eigenvalue weighted by Gasteiger charge is -2.18. The standard InChI is InChI=1S/C21H29N3O3/c1-4-18-17(19(5-2)24(3)23-18)14-20(25)22-16(11-12-21(26)27)13-15-9-7-6-8-10-15/h6-10,16H,4-5,11-14H2,1-3H3,(H,22,25)(H,26,27). The molecule has 1 aromatic heterocycles. The first-order valence-electron chi connectivity index (χ1n) is 9.53. The number of nitrogens with zero attached hydrogens (tertiary/aromatic N) is 2. The van der Waals surface area contributed by atoms with Gasteiger partial charge in [-0.3, -0.25) is 14.3 Å². The van der Waals surface area contributed by atoms with Crippen molar-refractivity contribution in [3.8, 4) is 0 Å². The zero-order valence-corrected chi connectivity index (χ0v) is 16.4. The zero-order valence-electron chi connectivity index (χ0n) is 16.4. The first kappa shape index (κ1) is 20.7. The van der Waals surface area contributed by atoms with Crippen molar-refractivity contribution in [2.75, 3.05) is 0 Å². The molecule has 0 saturated heterocycles. The maximum absolute atomic E-state index is 12.7. The van der Waals surface area contributed by atoms with Crippen LogP contribution in [-0.4, -0.2) is 32.8 Å². The van der Waals surface area contributed by atoms with E-state index in [-0.39, 0.29) is 24.8 Å². The van der Waals surface area contributed by atoms with Crippen molar-refractivity contribution in [2.24, 2.45) is 7.05 Å². The molecule has 2 N–H and O–H groups in total. The molecule has 6 heteroatoms. The predicted octanol–water partition coefficient (Wildman–Crippen LogP) is 2.68. The quantitative estimate of drug-likeness (QED) is 0.672. The van der Waals surface area contributed by atoms with Crippen LogP contribution in [-0.2, 0) is 42.3 Å². The van der Waals surface area contributed by atoms with Crippen LogP contribution < -0.4 is 5.32 Å². The molecule has 1 amide bonds. The normalized spacial score (nSPS) is 12.0. The van der Waals surface area contributed by atoms with Gasteiger partial charge in [0.25, 0.3) is 0 Å². The number of aryl methyl sites for hydroxylation is 2. The lowest BCUT2D eigenvalue weighted by atomic mass is 10.0. The third kappa shape index (κ3) is 5.94. The minimum Gasteiger partial charge on any atom is -0.481 e. The average molecular weight is 371 g/mol. The molecular formula is C21H29N3O3. The van der Waals surface area contributed by atoms with E-state index in [0.717, 1.165) is 35.4 Å². The van der Waals surface area contributed by atoms with E-state index in [0.29, 0.717) is 12.8 Å². The van der Waals surface area contributed by atoms with E-state index < -0.39 is 5.97 Å². The molecule has 2 rings (SSSR count). The fourth-order valence-electron chi connectivity index (χ4n) is 3.45. The Kier molecular flexibility index (Phi) is 7.58. The smallest absolute Gasteiger partial charge is 0.303 e. The number of benzene rings is 1. The Balaban J connectivity index is 2.09. The van der Waals surface area contributed by atoms with Crippen molar-refractivity contribution in [3.63, 3.8) is 0 Å². The molecule has 0 aliphatic rings. The number of carboxylic acids is 1. The summed E-state index contributed by atoms with van der Waals surface area (Å²) in [4.78, 5) is 23.7. The number of amides is 1. The molecule has 0 aliphatic carbocycles. The van der Waals surface area contributed by atoms with Gasteiger partial charge in [-0.05, 0) is 31.2 Å². The Bertz CT molecular complexity index is 768. The number of aromatic nitrogens is 2. The molecule has 0 fully saturated rings. The topological polar surface area (TPSA) is 84.2 Å². The minimum atomic E-state index is -0.851. The molecule has 1 unspecified atom stereocenters. The van der Waals surface area contributed by atoms with Crippen molar-refractivity contribution in [2.45, 2.75) is 58.4 Å². The molecule has 0 aliphatic heterocycles. The highest BCUT2D eigenvalue weighted by Crippen LogP contribution is 2.17. The summed E-state index contributed by atoms with van der Waals surface area (Å²) in [6, 6.07) is 9.61. The Labute approximate surface area is 160 Å². The molecule has 0 saturated carbocycles. The molecule has 1 heterocycles. The van der Waals surface area contributed by atoms with E-state index in [4.69, 9.17) is 5.11 Å². The molecule has 1 atom stereocenters. The van der Waals surface area contributed by atoms with Crippen molar-refractivity contribution >= 4 is 11.9 Å². The summed E-state index contributed by atoms with van der Waals surface area (Å²) >= 11 is 0. The first-order valence-corrected chi connectivity index (χ1v) is 9.53. The van der Waals surface area contributed by atoms with Crippen LogP contribution in [0.1, 0.15) is 49.2 Å². The number of carboxylic acid groups (broad SMARTS) is 1. The third-order valence-electron chi connectivity index (χ3n) is 4.76. The van der Waals surface area contributed by atoms with Gasteiger partial charge in [0.1, 0.15) is 0 Å². The Morgan fingerprint density at radius 1 is 1.19 bits per heavy atom. The van der Waals surface area contributed by atoms with Gasteiger partial charge in [-0.2, -0.15) is 5.10 Å². The van der Waals surface area contributed by atoms with E-state index in [1.165, 1.54) is 0 Å². The number of carbonyl (C=O) groups excluding carboxylic acids is 1. The summed E-state index contributed by atoms with van der Waals surface area (Å²) in [5.41, 5.74) is 4.11. The van der Waals surface area contributed by atoms with E-state index in [1.807, 2.05) is 49.0 Å². The fourth-order valence-corrected chi connectivity index (χ4v) is 3.45. The Hall–Kier alpha value is -2.63. The summed E-state index contributed by atoms with van der Waals surface area (Å²) in [6.45, 7) is 4.09. The molecule has 1 aromatic carbocycles. The summed E-state index contributed by atoms with van der Waals surface area (Å²) < 4.78 is 1.85. The highest BCUT2D eigenvalue weighted by atomic mass is 16.4. The first-order chi connectivity index (χ1) is 12.9. The van der Waals surface area contributed by atoms with Crippen LogP contribution in [0.3, 0.4) is 0 Å². The molecule has 27 heavy (non-hydrogen) atoms. The molecule has 0 spiro atoms. The third-order valence-corrected chi connectivity index (χ3v) is 4.76. The van der Waals surface area contributed by atoms with Crippen molar-refractivity contribution in [1.29, 1.82) is 0 Å². The maximum atomic E-state index is 12.7. The van der Waals surface area contributed by atoms with Crippen molar-refractivity contribution in [3.05, 3.63) is 52.8 Å². The summed E-state index contributed by atoms with van der Waals surface area (Å²) in [7, 11) is 1.91. The largest absolute Gasteiger partial charge is 0.481 e. The summed E-state index contributed by atoms with van der Waals surface area (Å²) in [5.74, 6) is -0.935. The van der Waals surface area contributed by atoms with Crippen LogP contribution in [0.25, 0.3) is 0 Å². The van der Waals surface area contributed by atoms with Crippen LogP contribution in [0.2, 0.25) is 0 Å². The van der Waals surface area contributed by atoms with Gasteiger partial charge in [0, 0.05) is 30.8 Å². The fraction of sp³-hybridized carbons (Fsp3) is 0.476. The second-order valence-electron chi connectivity index (χ2n) is 6.77. The lowest BCUT2D eigenvalue weighted by molar-refractivity contribution is -0.137. The average Bonchev–Trinajstić information content (AvgIpc) is 2.94. The van der Waals surface area contributed by atoms with Crippen LogP contribution in [0.15, 0.2) is 30.3 Å². The number of carbonyl (C=O) groups is 2. The van der Waals surface area contributed by atoms with Gasteiger partial charge in [-0.1, -0.05) is 44.2 Å². The number of hydrogen-bond donors (Lipinski definition) is 2. The predicted molar refractivity (Wildman–Crippen MR) is 105 cm³/mol. The monoisotopic (exact) mass is 371 g/mol. The lowest BCUT2D eigenvalue weighted by Crippen LogP contribution is -2.38. The highest BCUT2D eigenvalue weighted by Gasteiger charge is 2.19. The summed E-state index contributed by atoms with van der Waals surface area (Å²) in [5, 5.41) is 16.6. The van der Waals surface area contributed by atoms with Crippen LogP contribution in [0.4, 0.5) is 0 Å². The second kappa shape index (κ2) is 9.90. The molecule has 6 nitrogen and oxygen atoms in total. The summed E-state index contributed by atoms with van der Waals surface area (Å²) in [6.07, 6.45) is 2.93. The van der Waals surface area contributed by atoms with Gasteiger partial charge < -0.3 is 10.4 Å². The van der Waals surface area contributed by atoms with E-state index in [9.17, 15) is 9.59 Å². The second-order valence-corrected chi connectivity index (χ2v) is 6.77. The number of nitrogens with one attached hydrogen (secondary N) is 1. The van der Waals surface area contributed by atoms with Gasteiger partial charge in [0.15, 0.2) is 0 Å². The molecule has 0 bridgehead atoms. The van der Waals surface area contributed by atoms with Crippen LogP contribution in [0, 0.1) is 0 Å². The molecule has 146 valence electrons. The highest BCUT2D eigenvalue weighted by molar-refractivity contribution is 5.79. The maximum Gasteiger partial charge on any atom is 0.303 e. The van der Waals surface area contributed by atoms with Gasteiger partial charge in [0.2, 0.25) is 5.91 Å². The van der Waals surface area contributed by atoms with Crippen LogP contribution >= 0.6 is 0 Å². The van der Waals surface area contributed by atoms with Gasteiger partial charge in [0.05, 0.1) is 12.1 Å². The van der Waals surface area contributed by atoms with Crippen LogP contribution in [0.5, 0.6) is 0 Å². The molecule has 0 radical (unpaired) electrons. The van der Waals surface area contributed by atoms with Crippen molar-refractivity contribution < 1.29 is 14.7 Å². The van der Waals surface area contributed by atoms with Gasteiger partial charge in [-0.25, -0.2) is 0 Å². The number of rotatable bonds is 10. The molecular weight excluding hydrogens is 342 g/mol. The van der Waals surface area contributed by atoms with Crippen molar-refractivity contribution in [1.82, 2.24) is 15.1 Å².